The van der Waals surface area contributed by atoms with Crippen LogP contribution in [0.5, 0.6) is 0 Å². The van der Waals surface area contributed by atoms with E-state index in [-0.39, 0.29) is 0 Å². The summed E-state index contributed by atoms with van der Waals surface area (Å²) in [7, 11) is 0. The molecule has 2 heterocycles. The molecule has 0 atom stereocenters. The molecule has 2 aromatic heterocycles. The minimum atomic E-state index is 0.689. The van der Waals surface area contributed by atoms with Gasteiger partial charge in [0.25, 0.3) is 0 Å². The summed E-state index contributed by atoms with van der Waals surface area (Å²) in [6, 6.07) is 5.53. The fourth-order valence-electron chi connectivity index (χ4n) is 1.37. The molecule has 0 aliphatic carbocycles. The zero-order valence-electron chi connectivity index (χ0n) is 7.44. The van der Waals surface area contributed by atoms with E-state index >= 15 is 0 Å². The van der Waals surface area contributed by atoms with Crippen LogP contribution < -0.4 is 0 Å². The summed E-state index contributed by atoms with van der Waals surface area (Å²) in [4.78, 5) is 7.53. The number of nitrogens with one attached hydrogen (secondary N) is 1. The molecule has 0 aliphatic rings. The van der Waals surface area contributed by atoms with Gasteiger partial charge in [-0.05, 0) is 29.7 Å². The van der Waals surface area contributed by atoms with Crippen molar-refractivity contribution in [1.29, 1.82) is 0 Å². The van der Waals surface area contributed by atoms with Crippen molar-refractivity contribution in [2.24, 2.45) is 0 Å². The summed E-state index contributed by atoms with van der Waals surface area (Å²) < 4.78 is 3.79. The quantitative estimate of drug-likeness (QED) is 0.707. The first kappa shape index (κ1) is 8.82. The predicted octanol–water partition coefficient (Wildman–Crippen LogP) is 2.73. The average molecular weight is 237 g/mol. The third-order valence-corrected chi connectivity index (χ3v) is 2.79. The Morgan fingerprint density at radius 1 is 1.33 bits per heavy atom. The van der Waals surface area contributed by atoms with Gasteiger partial charge in [-0.3, -0.25) is 0 Å². The molecule has 0 saturated heterocycles. The van der Waals surface area contributed by atoms with Crippen LogP contribution in [0.4, 0.5) is 0 Å². The maximum atomic E-state index is 5.88. The molecule has 1 N–H and O–H groups in total. The van der Waals surface area contributed by atoms with Crippen LogP contribution in [0, 0.1) is 0 Å². The van der Waals surface area contributed by atoms with Gasteiger partial charge >= 0.3 is 0 Å². The molecule has 0 aliphatic heterocycles. The molecule has 4 nitrogen and oxygen atoms in total. The van der Waals surface area contributed by atoms with E-state index < -0.39 is 0 Å². The maximum Gasteiger partial charge on any atom is 0.160 e. The van der Waals surface area contributed by atoms with E-state index in [1.54, 1.807) is 0 Å². The summed E-state index contributed by atoms with van der Waals surface area (Å²) in [6.07, 6.45) is 0. The molecule has 6 heteroatoms. The van der Waals surface area contributed by atoms with Gasteiger partial charge in [0.2, 0.25) is 0 Å². The molecule has 0 unspecified atom stereocenters. The SMILES string of the molecule is Clc1ccc2nc(-c3csnn3)[nH]c2c1. The second kappa shape index (κ2) is 3.29. The van der Waals surface area contributed by atoms with E-state index in [0.717, 1.165) is 22.6 Å². The Morgan fingerprint density at radius 3 is 3.07 bits per heavy atom. The lowest BCUT2D eigenvalue weighted by atomic mass is 10.3. The predicted molar refractivity (Wildman–Crippen MR) is 60.0 cm³/mol. The van der Waals surface area contributed by atoms with Gasteiger partial charge in [-0.2, -0.15) is 0 Å². The van der Waals surface area contributed by atoms with Crippen molar-refractivity contribution >= 4 is 34.2 Å². The first-order valence-electron chi connectivity index (χ1n) is 4.25. The summed E-state index contributed by atoms with van der Waals surface area (Å²) in [6.45, 7) is 0. The standard InChI is InChI=1S/C9H5ClN4S/c10-5-1-2-6-7(3-5)12-9(11-6)8-4-15-14-13-8/h1-4H,(H,11,12). The molecular weight excluding hydrogens is 232 g/mol. The van der Waals surface area contributed by atoms with Gasteiger partial charge in [-0.1, -0.05) is 16.1 Å². The van der Waals surface area contributed by atoms with Gasteiger partial charge in [0.15, 0.2) is 5.82 Å². The van der Waals surface area contributed by atoms with Crippen LogP contribution in [0.3, 0.4) is 0 Å². The Labute approximate surface area is 94.1 Å². The highest BCUT2D eigenvalue weighted by Crippen LogP contribution is 2.21. The summed E-state index contributed by atoms with van der Waals surface area (Å²) in [5.74, 6) is 0.723. The normalized spacial score (nSPS) is 11.0. The lowest BCUT2D eigenvalue weighted by molar-refractivity contribution is 1.13. The number of aromatic amines is 1. The first-order chi connectivity index (χ1) is 7.33. The highest BCUT2D eigenvalue weighted by atomic mass is 35.5. The number of fused-ring (bicyclic) bond motifs is 1. The largest absolute Gasteiger partial charge is 0.337 e. The van der Waals surface area contributed by atoms with Crippen molar-refractivity contribution in [1.82, 2.24) is 19.6 Å². The molecule has 0 fully saturated rings. The van der Waals surface area contributed by atoms with Crippen LogP contribution in [0.1, 0.15) is 0 Å². The lowest BCUT2D eigenvalue weighted by Gasteiger charge is -1.87. The molecule has 0 bridgehead atoms. The zero-order chi connectivity index (χ0) is 10.3. The number of rotatable bonds is 1. The molecule has 0 saturated carbocycles. The number of aromatic nitrogens is 4. The van der Waals surface area contributed by atoms with Crippen LogP contribution in [0.25, 0.3) is 22.6 Å². The van der Waals surface area contributed by atoms with Crippen molar-refractivity contribution in [2.75, 3.05) is 0 Å². The van der Waals surface area contributed by atoms with E-state index in [9.17, 15) is 0 Å². The third kappa shape index (κ3) is 1.49. The van der Waals surface area contributed by atoms with Crippen molar-refractivity contribution in [2.45, 2.75) is 0 Å². The number of H-pyrrole nitrogens is 1. The molecule has 0 amide bonds. The highest BCUT2D eigenvalue weighted by molar-refractivity contribution is 7.03. The Morgan fingerprint density at radius 2 is 2.27 bits per heavy atom. The van der Waals surface area contributed by atoms with Crippen LogP contribution in [-0.4, -0.2) is 19.6 Å². The molecule has 3 rings (SSSR count). The summed E-state index contributed by atoms with van der Waals surface area (Å²) in [5, 5.41) is 6.48. The molecule has 3 aromatic rings. The van der Waals surface area contributed by atoms with Crippen LogP contribution in [-0.2, 0) is 0 Å². The monoisotopic (exact) mass is 236 g/mol. The van der Waals surface area contributed by atoms with E-state index in [2.05, 4.69) is 19.6 Å². The van der Waals surface area contributed by atoms with Gasteiger partial charge < -0.3 is 4.98 Å². The second-order valence-corrected chi connectivity index (χ2v) is 4.08. The number of halogens is 1. The summed E-state index contributed by atoms with van der Waals surface area (Å²) >= 11 is 7.18. The molecule has 0 radical (unpaired) electrons. The minimum absolute atomic E-state index is 0.689. The minimum Gasteiger partial charge on any atom is -0.337 e. The second-order valence-electron chi connectivity index (χ2n) is 3.04. The number of hydrogen-bond acceptors (Lipinski definition) is 4. The topological polar surface area (TPSA) is 54.5 Å². The molecule has 1 aromatic carbocycles. The Kier molecular flexibility index (Phi) is 1.93. The van der Waals surface area contributed by atoms with Crippen molar-refractivity contribution in [3.05, 3.63) is 28.6 Å². The van der Waals surface area contributed by atoms with Gasteiger partial charge in [0, 0.05) is 10.4 Å². The summed E-state index contributed by atoms with van der Waals surface area (Å²) in [5.41, 5.74) is 2.54. The van der Waals surface area contributed by atoms with Crippen LogP contribution >= 0.6 is 23.1 Å². The molecule has 74 valence electrons. The third-order valence-electron chi connectivity index (χ3n) is 2.05. The Balaban J connectivity index is 2.22. The molecule has 0 spiro atoms. The fourth-order valence-corrected chi connectivity index (χ4v) is 1.98. The van der Waals surface area contributed by atoms with E-state index in [1.807, 2.05) is 23.6 Å². The molecule has 15 heavy (non-hydrogen) atoms. The Hall–Kier alpha value is -1.46. The number of benzene rings is 1. The average Bonchev–Trinajstić information content (AvgIpc) is 2.84. The van der Waals surface area contributed by atoms with E-state index in [1.165, 1.54) is 11.5 Å². The van der Waals surface area contributed by atoms with Gasteiger partial charge in [-0.15, -0.1) is 5.10 Å². The van der Waals surface area contributed by atoms with Crippen molar-refractivity contribution in [3.63, 3.8) is 0 Å². The van der Waals surface area contributed by atoms with E-state index in [4.69, 9.17) is 11.6 Å². The number of nitrogens with zero attached hydrogens (tertiary/aromatic N) is 3. The number of hydrogen-bond donors (Lipinski definition) is 1. The maximum absolute atomic E-state index is 5.88. The van der Waals surface area contributed by atoms with Crippen molar-refractivity contribution in [3.8, 4) is 11.5 Å². The zero-order valence-corrected chi connectivity index (χ0v) is 9.01. The van der Waals surface area contributed by atoms with Gasteiger partial charge in [0.05, 0.1) is 11.0 Å². The van der Waals surface area contributed by atoms with Crippen LogP contribution in [0.2, 0.25) is 5.02 Å². The molecular formula is C9H5ClN4S. The van der Waals surface area contributed by atoms with Crippen LogP contribution in [0.15, 0.2) is 23.6 Å². The smallest absolute Gasteiger partial charge is 0.160 e. The number of imidazole rings is 1. The Bertz CT molecular complexity index is 602. The van der Waals surface area contributed by atoms with Crippen molar-refractivity contribution < 1.29 is 0 Å². The first-order valence-corrected chi connectivity index (χ1v) is 5.47. The highest BCUT2D eigenvalue weighted by Gasteiger charge is 2.07. The van der Waals surface area contributed by atoms with Gasteiger partial charge in [0.1, 0.15) is 5.69 Å². The fraction of sp³-hybridized carbons (Fsp3) is 0. The lowest BCUT2D eigenvalue weighted by Crippen LogP contribution is -1.79. The van der Waals surface area contributed by atoms with Gasteiger partial charge in [-0.25, -0.2) is 4.98 Å². The van der Waals surface area contributed by atoms with E-state index in [0.29, 0.717) is 5.02 Å².